The summed E-state index contributed by atoms with van der Waals surface area (Å²) >= 11 is 0. The molecule has 142 valence electrons. The fourth-order valence-corrected chi connectivity index (χ4v) is 3.84. The zero-order valence-corrected chi connectivity index (χ0v) is 15.9. The summed E-state index contributed by atoms with van der Waals surface area (Å²) in [4.78, 5) is 26.0. The van der Waals surface area contributed by atoms with Crippen LogP contribution in [0.2, 0.25) is 0 Å². The maximum absolute atomic E-state index is 12.8. The summed E-state index contributed by atoms with van der Waals surface area (Å²) in [5.41, 5.74) is 2.10. The molecule has 2 aliphatic rings. The van der Waals surface area contributed by atoms with Gasteiger partial charge in [0.05, 0.1) is 5.41 Å². The Labute approximate surface area is 160 Å². The molecule has 0 bridgehead atoms. The van der Waals surface area contributed by atoms with Crippen LogP contribution < -0.4 is 10.2 Å². The van der Waals surface area contributed by atoms with Gasteiger partial charge < -0.3 is 10.2 Å². The summed E-state index contributed by atoms with van der Waals surface area (Å²) in [6, 6.07) is 10.2. The van der Waals surface area contributed by atoms with Gasteiger partial charge in [0.1, 0.15) is 0 Å². The van der Waals surface area contributed by atoms with Gasteiger partial charge in [0, 0.05) is 51.7 Å². The van der Waals surface area contributed by atoms with Gasteiger partial charge in [-0.05, 0) is 31.4 Å². The number of amides is 1. The van der Waals surface area contributed by atoms with Crippen LogP contribution in [0, 0.1) is 6.92 Å². The van der Waals surface area contributed by atoms with Crippen molar-refractivity contribution in [1.82, 2.24) is 20.2 Å². The van der Waals surface area contributed by atoms with E-state index in [1.165, 1.54) is 5.56 Å². The first-order valence-corrected chi connectivity index (χ1v) is 9.77. The van der Waals surface area contributed by atoms with Gasteiger partial charge in [-0.25, -0.2) is 9.97 Å². The molecule has 0 spiro atoms. The average molecular weight is 365 g/mol. The minimum Gasteiger partial charge on any atom is -0.354 e. The molecule has 6 heteroatoms. The quantitative estimate of drug-likeness (QED) is 0.845. The summed E-state index contributed by atoms with van der Waals surface area (Å²) in [5, 5.41) is 3.17. The minimum absolute atomic E-state index is 0.185. The maximum atomic E-state index is 12.8. The molecule has 1 aliphatic heterocycles. The van der Waals surface area contributed by atoms with Crippen LogP contribution in [0.1, 0.15) is 24.0 Å². The highest BCUT2D eigenvalue weighted by Gasteiger charge is 2.51. The van der Waals surface area contributed by atoms with Crippen LogP contribution in [0.3, 0.4) is 0 Å². The summed E-state index contributed by atoms with van der Waals surface area (Å²) in [5.74, 6) is 0.990. The highest BCUT2D eigenvalue weighted by atomic mass is 16.2. The largest absolute Gasteiger partial charge is 0.354 e. The van der Waals surface area contributed by atoms with Crippen molar-refractivity contribution >= 4 is 11.9 Å². The number of nitrogens with zero attached hydrogens (tertiary/aromatic N) is 4. The summed E-state index contributed by atoms with van der Waals surface area (Å²) < 4.78 is 0. The molecule has 6 nitrogen and oxygen atoms in total. The topological polar surface area (TPSA) is 61.4 Å². The predicted octanol–water partition coefficient (Wildman–Crippen LogP) is 1.76. The normalized spacial score (nSPS) is 18.9. The first-order valence-electron chi connectivity index (χ1n) is 9.77. The zero-order valence-electron chi connectivity index (χ0n) is 15.9. The molecule has 2 fully saturated rings. The number of piperazine rings is 1. The van der Waals surface area contributed by atoms with Crippen molar-refractivity contribution in [3.05, 3.63) is 53.9 Å². The van der Waals surface area contributed by atoms with Crippen LogP contribution in [0.25, 0.3) is 0 Å². The first-order chi connectivity index (χ1) is 13.2. The standard InChI is InChI=1S/C21H27N5O/c1-17-4-2-5-18(16-17)21(6-7-21)19(27)22-10-11-25-12-14-26(15-13-25)20-23-8-3-9-24-20/h2-5,8-9,16H,6-7,10-15H2,1H3,(H,22,27). The predicted molar refractivity (Wildman–Crippen MR) is 106 cm³/mol. The Balaban J connectivity index is 1.23. The fourth-order valence-electron chi connectivity index (χ4n) is 3.84. The van der Waals surface area contributed by atoms with Crippen LogP contribution in [0.5, 0.6) is 0 Å². The van der Waals surface area contributed by atoms with E-state index >= 15 is 0 Å². The van der Waals surface area contributed by atoms with Gasteiger partial charge in [-0.2, -0.15) is 0 Å². The molecule has 2 aromatic rings. The van der Waals surface area contributed by atoms with E-state index in [2.05, 4.69) is 50.2 Å². The molecular formula is C21H27N5O. The number of rotatable bonds is 6. The van der Waals surface area contributed by atoms with Crippen molar-refractivity contribution in [1.29, 1.82) is 0 Å². The van der Waals surface area contributed by atoms with E-state index in [4.69, 9.17) is 0 Å². The molecule has 0 atom stereocenters. The van der Waals surface area contributed by atoms with E-state index in [9.17, 15) is 4.79 Å². The van der Waals surface area contributed by atoms with E-state index in [0.29, 0.717) is 6.54 Å². The third-order valence-corrected chi connectivity index (χ3v) is 5.68. The van der Waals surface area contributed by atoms with Gasteiger partial charge in [-0.3, -0.25) is 9.69 Å². The minimum atomic E-state index is -0.282. The molecule has 4 rings (SSSR count). The molecular weight excluding hydrogens is 338 g/mol. The molecule has 1 aliphatic carbocycles. The zero-order chi connectivity index (χ0) is 18.7. The number of carbonyl (C=O) groups excluding carboxylic acids is 1. The van der Waals surface area contributed by atoms with E-state index in [0.717, 1.165) is 57.1 Å². The van der Waals surface area contributed by atoms with Gasteiger partial charge in [-0.1, -0.05) is 29.8 Å². The molecule has 1 saturated heterocycles. The molecule has 0 unspecified atom stereocenters. The lowest BCUT2D eigenvalue weighted by molar-refractivity contribution is -0.123. The summed E-state index contributed by atoms with van der Waals surface area (Å²) in [7, 11) is 0. The van der Waals surface area contributed by atoms with E-state index in [1.807, 2.05) is 12.1 Å². The third kappa shape index (κ3) is 3.95. The lowest BCUT2D eigenvalue weighted by Gasteiger charge is -2.34. The van der Waals surface area contributed by atoms with Crippen LogP contribution in [-0.4, -0.2) is 60.0 Å². The fraction of sp³-hybridized carbons (Fsp3) is 0.476. The van der Waals surface area contributed by atoms with E-state index in [1.54, 1.807) is 12.4 Å². The summed E-state index contributed by atoms with van der Waals surface area (Å²) in [6.07, 6.45) is 5.48. The van der Waals surface area contributed by atoms with Gasteiger partial charge in [0.15, 0.2) is 0 Å². The highest BCUT2D eigenvalue weighted by Crippen LogP contribution is 2.48. The van der Waals surface area contributed by atoms with Gasteiger partial charge >= 0.3 is 0 Å². The van der Waals surface area contributed by atoms with E-state index < -0.39 is 0 Å². The highest BCUT2D eigenvalue weighted by molar-refractivity contribution is 5.91. The van der Waals surface area contributed by atoms with E-state index in [-0.39, 0.29) is 11.3 Å². The lowest BCUT2D eigenvalue weighted by Crippen LogP contribution is -2.49. The Bertz CT molecular complexity index is 782. The second-order valence-corrected chi connectivity index (χ2v) is 7.58. The molecule has 2 heterocycles. The SMILES string of the molecule is Cc1cccc(C2(C(=O)NCCN3CCN(c4ncccn4)CC3)CC2)c1. The first kappa shape index (κ1) is 17.9. The Hall–Kier alpha value is -2.47. The van der Waals surface area contributed by atoms with Gasteiger partial charge in [-0.15, -0.1) is 0 Å². The maximum Gasteiger partial charge on any atom is 0.230 e. The van der Waals surface area contributed by atoms with Gasteiger partial charge in [0.2, 0.25) is 11.9 Å². The van der Waals surface area contributed by atoms with Crippen LogP contribution in [0.15, 0.2) is 42.7 Å². The number of anilines is 1. The molecule has 0 radical (unpaired) electrons. The Morgan fingerprint density at radius 1 is 1.11 bits per heavy atom. The number of aryl methyl sites for hydroxylation is 1. The Morgan fingerprint density at radius 2 is 1.85 bits per heavy atom. The average Bonchev–Trinajstić information content (AvgIpc) is 3.51. The molecule has 27 heavy (non-hydrogen) atoms. The number of carbonyl (C=O) groups is 1. The molecule has 1 saturated carbocycles. The smallest absolute Gasteiger partial charge is 0.230 e. The van der Waals surface area contributed by atoms with Crippen molar-refractivity contribution in [3.8, 4) is 0 Å². The van der Waals surface area contributed by atoms with Crippen LogP contribution >= 0.6 is 0 Å². The number of nitrogens with one attached hydrogen (secondary N) is 1. The lowest BCUT2D eigenvalue weighted by atomic mass is 9.93. The number of benzene rings is 1. The van der Waals surface area contributed by atoms with Crippen LogP contribution in [0.4, 0.5) is 5.95 Å². The van der Waals surface area contributed by atoms with Crippen LogP contribution in [-0.2, 0) is 10.2 Å². The molecule has 1 N–H and O–H groups in total. The molecule has 1 aromatic heterocycles. The molecule has 1 aromatic carbocycles. The Kier molecular flexibility index (Phi) is 5.07. The van der Waals surface area contributed by atoms with Crippen molar-refractivity contribution in [2.45, 2.75) is 25.2 Å². The summed E-state index contributed by atoms with van der Waals surface area (Å²) in [6.45, 7) is 7.45. The van der Waals surface area contributed by atoms with Crippen molar-refractivity contribution in [3.63, 3.8) is 0 Å². The second kappa shape index (κ2) is 7.64. The monoisotopic (exact) mass is 365 g/mol. The molecule has 1 amide bonds. The van der Waals surface area contributed by atoms with Crippen molar-refractivity contribution in [2.75, 3.05) is 44.2 Å². The Morgan fingerprint density at radius 3 is 2.52 bits per heavy atom. The van der Waals surface area contributed by atoms with Crippen molar-refractivity contribution in [2.24, 2.45) is 0 Å². The van der Waals surface area contributed by atoms with Crippen molar-refractivity contribution < 1.29 is 4.79 Å². The number of hydrogen-bond acceptors (Lipinski definition) is 5. The van der Waals surface area contributed by atoms with Gasteiger partial charge in [0.25, 0.3) is 0 Å². The number of aromatic nitrogens is 2. The third-order valence-electron chi connectivity index (χ3n) is 5.68. The number of hydrogen-bond donors (Lipinski definition) is 1. The second-order valence-electron chi connectivity index (χ2n) is 7.58.